The Hall–Kier alpha value is -2.96. The van der Waals surface area contributed by atoms with Crippen molar-refractivity contribution in [2.24, 2.45) is 4.99 Å². The molecule has 0 aliphatic heterocycles. The minimum absolute atomic E-state index is 0.0227. The molecular weight excluding hydrogens is 332 g/mol. The molecule has 1 unspecified atom stereocenters. The standard InChI is InChI=1S/C19H26N4O3/c1-14(17-12-15(24-3)7-8-18(17)25-4)23-19(20-2)22-10-11-26-16-6-5-9-21-13-16/h5-9,12-14H,10-11H2,1-4H3,(H2,20,22,23). The Morgan fingerprint density at radius 1 is 1.19 bits per heavy atom. The van der Waals surface area contributed by atoms with Crippen LogP contribution >= 0.6 is 0 Å². The smallest absolute Gasteiger partial charge is 0.191 e. The number of guanidine groups is 1. The fraction of sp³-hybridized carbons (Fsp3) is 0.368. The Morgan fingerprint density at radius 3 is 2.69 bits per heavy atom. The topological polar surface area (TPSA) is 77.0 Å². The van der Waals surface area contributed by atoms with Crippen LogP contribution in [0.25, 0.3) is 0 Å². The van der Waals surface area contributed by atoms with Gasteiger partial charge in [0.2, 0.25) is 0 Å². The van der Waals surface area contributed by atoms with Crippen molar-refractivity contribution in [1.29, 1.82) is 0 Å². The van der Waals surface area contributed by atoms with Gasteiger partial charge in [-0.1, -0.05) is 0 Å². The van der Waals surface area contributed by atoms with E-state index in [1.165, 1.54) is 0 Å². The van der Waals surface area contributed by atoms with E-state index in [1.54, 1.807) is 33.7 Å². The molecule has 0 spiro atoms. The molecule has 140 valence electrons. The van der Waals surface area contributed by atoms with Crippen LogP contribution in [0.2, 0.25) is 0 Å². The van der Waals surface area contributed by atoms with Crippen LogP contribution in [0.4, 0.5) is 0 Å². The Kier molecular flexibility index (Phi) is 7.54. The van der Waals surface area contributed by atoms with Crippen molar-refractivity contribution in [3.63, 3.8) is 0 Å². The van der Waals surface area contributed by atoms with Crippen molar-refractivity contribution in [3.05, 3.63) is 48.3 Å². The fourth-order valence-corrected chi connectivity index (χ4v) is 2.43. The molecule has 0 amide bonds. The van der Waals surface area contributed by atoms with E-state index < -0.39 is 0 Å². The van der Waals surface area contributed by atoms with Crippen LogP contribution in [0.3, 0.4) is 0 Å². The zero-order valence-electron chi connectivity index (χ0n) is 15.7. The first-order valence-corrected chi connectivity index (χ1v) is 8.40. The number of aliphatic imine (C=N–C) groups is 1. The van der Waals surface area contributed by atoms with Crippen LogP contribution in [0.5, 0.6) is 17.2 Å². The lowest BCUT2D eigenvalue weighted by Gasteiger charge is -2.21. The molecule has 0 bridgehead atoms. The van der Waals surface area contributed by atoms with Crippen molar-refractivity contribution >= 4 is 5.96 Å². The maximum Gasteiger partial charge on any atom is 0.191 e. The third-order valence-corrected chi connectivity index (χ3v) is 3.78. The number of aromatic nitrogens is 1. The molecule has 1 aromatic carbocycles. The Bertz CT molecular complexity index is 707. The Balaban J connectivity index is 1.89. The van der Waals surface area contributed by atoms with Crippen LogP contribution in [-0.4, -0.2) is 45.4 Å². The molecule has 0 radical (unpaired) electrons. The van der Waals surface area contributed by atoms with Gasteiger partial charge in [0, 0.05) is 18.8 Å². The van der Waals surface area contributed by atoms with E-state index in [0.29, 0.717) is 19.1 Å². The van der Waals surface area contributed by atoms with Gasteiger partial charge in [-0.05, 0) is 37.3 Å². The van der Waals surface area contributed by atoms with Gasteiger partial charge in [-0.25, -0.2) is 0 Å². The summed E-state index contributed by atoms with van der Waals surface area (Å²) in [6.45, 7) is 3.15. The van der Waals surface area contributed by atoms with Crippen molar-refractivity contribution in [2.45, 2.75) is 13.0 Å². The van der Waals surface area contributed by atoms with E-state index in [9.17, 15) is 0 Å². The molecule has 2 rings (SSSR count). The molecular formula is C19H26N4O3. The lowest BCUT2D eigenvalue weighted by atomic mass is 10.1. The Morgan fingerprint density at radius 2 is 2.04 bits per heavy atom. The number of hydrogen-bond donors (Lipinski definition) is 2. The molecule has 0 saturated heterocycles. The van der Waals surface area contributed by atoms with Gasteiger partial charge in [0.1, 0.15) is 23.9 Å². The number of methoxy groups -OCH3 is 2. The van der Waals surface area contributed by atoms with Crippen molar-refractivity contribution in [1.82, 2.24) is 15.6 Å². The average molecular weight is 358 g/mol. The molecule has 1 aromatic heterocycles. The number of ether oxygens (including phenoxy) is 3. The zero-order valence-corrected chi connectivity index (χ0v) is 15.7. The molecule has 0 fully saturated rings. The number of hydrogen-bond acceptors (Lipinski definition) is 5. The number of nitrogens with one attached hydrogen (secondary N) is 2. The molecule has 0 aliphatic carbocycles. The van der Waals surface area contributed by atoms with Crippen LogP contribution in [0.15, 0.2) is 47.7 Å². The van der Waals surface area contributed by atoms with Gasteiger partial charge in [-0.3, -0.25) is 9.98 Å². The number of pyridine rings is 1. The van der Waals surface area contributed by atoms with E-state index >= 15 is 0 Å². The van der Waals surface area contributed by atoms with Crippen LogP contribution in [-0.2, 0) is 0 Å². The highest BCUT2D eigenvalue weighted by atomic mass is 16.5. The van der Waals surface area contributed by atoms with Gasteiger partial charge in [0.05, 0.1) is 33.0 Å². The summed E-state index contributed by atoms with van der Waals surface area (Å²) in [5, 5.41) is 6.57. The highest BCUT2D eigenvalue weighted by Gasteiger charge is 2.14. The van der Waals surface area contributed by atoms with Crippen molar-refractivity contribution in [2.75, 3.05) is 34.4 Å². The SMILES string of the molecule is CN=C(NCCOc1cccnc1)NC(C)c1cc(OC)ccc1OC. The molecule has 0 aliphatic rings. The lowest BCUT2D eigenvalue weighted by molar-refractivity contribution is 0.320. The number of nitrogens with zero attached hydrogens (tertiary/aromatic N) is 2. The first kappa shape index (κ1) is 19.4. The maximum atomic E-state index is 5.61. The second-order valence-electron chi connectivity index (χ2n) is 5.51. The van der Waals surface area contributed by atoms with Gasteiger partial charge in [0.15, 0.2) is 5.96 Å². The van der Waals surface area contributed by atoms with Crippen LogP contribution in [0, 0.1) is 0 Å². The predicted molar refractivity (Wildman–Crippen MR) is 102 cm³/mol. The van der Waals surface area contributed by atoms with Gasteiger partial charge in [-0.15, -0.1) is 0 Å². The summed E-state index contributed by atoms with van der Waals surface area (Å²) in [5.41, 5.74) is 0.987. The molecule has 1 atom stereocenters. The first-order valence-electron chi connectivity index (χ1n) is 8.40. The number of rotatable bonds is 8. The monoisotopic (exact) mass is 358 g/mol. The largest absolute Gasteiger partial charge is 0.497 e. The Labute approximate surface area is 154 Å². The van der Waals surface area contributed by atoms with E-state index in [4.69, 9.17) is 14.2 Å². The summed E-state index contributed by atoms with van der Waals surface area (Å²) in [7, 11) is 5.03. The molecule has 2 N–H and O–H groups in total. The molecule has 0 saturated carbocycles. The minimum atomic E-state index is -0.0227. The maximum absolute atomic E-state index is 5.61. The summed E-state index contributed by atoms with van der Waals surface area (Å²) < 4.78 is 16.4. The number of benzene rings is 1. The fourth-order valence-electron chi connectivity index (χ4n) is 2.43. The quantitative estimate of drug-likeness (QED) is 0.429. The predicted octanol–water partition coefficient (Wildman–Crippen LogP) is 2.40. The normalized spacial score (nSPS) is 12.2. The highest BCUT2D eigenvalue weighted by molar-refractivity contribution is 5.80. The summed E-state index contributed by atoms with van der Waals surface area (Å²) in [6, 6.07) is 9.41. The van der Waals surface area contributed by atoms with E-state index in [2.05, 4.69) is 20.6 Å². The highest BCUT2D eigenvalue weighted by Crippen LogP contribution is 2.29. The lowest BCUT2D eigenvalue weighted by Crippen LogP contribution is -2.40. The second kappa shape index (κ2) is 10.1. The van der Waals surface area contributed by atoms with Gasteiger partial charge < -0.3 is 24.8 Å². The molecule has 7 nitrogen and oxygen atoms in total. The minimum Gasteiger partial charge on any atom is -0.497 e. The third-order valence-electron chi connectivity index (χ3n) is 3.78. The molecule has 26 heavy (non-hydrogen) atoms. The van der Waals surface area contributed by atoms with Crippen molar-refractivity contribution < 1.29 is 14.2 Å². The van der Waals surface area contributed by atoms with Crippen LogP contribution < -0.4 is 24.8 Å². The van der Waals surface area contributed by atoms with E-state index in [-0.39, 0.29) is 6.04 Å². The summed E-state index contributed by atoms with van der Waals surface area (Å²) >= 11 is 0. The van der Waals surface area contributed by atoms with Gasteiger partial charge in [-0.2, -0.15) is 0 Å². The third kappa shape index (κ3) is 5.54. The van der Waals surface area contributed by atoms with E-state index in [0.717, 1.165) is 22.8 Å². The zero-order chi connectivity index (χ0) is 18.8. The van der Waals surface area contributed by atoms with Crippen molar-refractivity contribution in [3.8, 4) is 17.2 Å². The summed E-state index contributed by atoms with van der Waals surface area (Å²) in [5.74, 6) is 2.99. The van der Waals surface area contributed by atoms with Crippen LogP contribution in [0.1, 0.15) is 18.5 Å². The molecule has 1 heterocycles. The summed E-state index contributed by atoms with van der Waals surface area (Å²) in [6.07, 6.45) is 3.40. The second-order valence-corrected chi connectivity index (χ2v) is 5.51. The summed E-state index contributed by atoms with van der Waals surface area (Å²) in [4.78, 5) is 8.27. The molecule has 7 heteroatoms. The van der Waals surface area contributed by atoms with E-state index in [1.807, 2.05) is 37.3 Å². The molecule has 2 aromatic rings. The van der Waals surface area contributed by atoms with Gasteiger partial charge >= 0.3 is 0 Å². The first-order chi connectivity index (χ1) is 12.7. The van der Waals surface area contributed by atoms with Gasteiger partial charge in [0.25, 0.3) is 0 Å². The average Bonchev–Trinajstić information content (AvgIpc) is 2.70.